The van der Waals surface area contributed by atoms with Crippen LogP contribution in [0.1, 0.15) is 46.0 Å². The zero-order chi connectivity index (χ0) is 17.2. The lowest BCUT2D eigenvalue weighted by molar-refractivity contribution is -0.195. The minimum absolute atomic E-state index is 0.0164. The van der Waals surface area contributed by atoms with Crippen LogP contribution in [0.4, 0.5) is 0 Å². The summed E-state index contributed by atoms with van der Waals surface area (Å²) in [6.07, 6.45) is 7.82. The highest BCUT2D eigenvalue weighted by Gasteiger charge is 2.68. The van der Waals surface area contributed by atoms with Gasteiger partial charge in [-0.15, -0.1) is 11.8 Å². The van der Waals surface area contributed by atoms with E-state index in [2.05, 4.69) is 35.3 Å². The Morgan fingerprint density at radius 2 is 2.12 bits per heavy atom. The number of carbonyl (C=O) groups excluding carboxylic acids is 1. The van der Waals surface area contributed by atoms with Crippen LogP contribution in [0.25, 0.3) is 0 Å². The van der Waals surface area contributed by atoms with Crippen molar-refractivity contribution in [3.05, 3.63) is 11.6 Å². The van der Waals surface area contributed by atoms with E-state index < -0.39 is 11.4 Å². The van der Waals surface area contributed by atoms with Gasteiger partial charge in [0, 0.05) is 11.7 Å². The lowest BCUT2D eigenvalue weighted by Crippen LogP contribution is -2.70. The molecule has 0 radical (unpaired) electrons. The average molecular weight is 348 g/mol. The molecule has 4 aliphatic carbocycles. The fraction of sp³-hybridized carbons (Fsp3) is 0.722. The van der Waals surface area contributed by atoms with Gasteiger partial charge in [-0.25, -0.2) is 9.79 Å². The van der Waals surface area contributed by atoms with Crippen molar-refractivity contribution in [1.29, 1.82) is 0 Å². The molecule has 6 heteroatoms. The molecule has 4 fully saturated rings. The molecule has 0 aromatic carbocycles. The van der Waals surface area contributed by atoms with Gasteiger partial charge in [-0.1, -0.05) is 13.8 Å². The van der Waals surface area contributed by atoms with Crippen molar-refractivity contribution in [3.63, 3.8) is 0 Å². The lowest BCUT2D eigenvalue weighted by Gasteiger charge is -2.70. The van der Waals surface area contributed by atoms with E-state index in [4.69, 9.17) is 5.11 Å². The summed E-state index contributed by atoms with van der Waals surface area (Å²) in [5.41, 5.74) is -0.326. The first-order valence-electron chi connectivity index (χ1n) is 8.66. The Balaban J connectivity index is 1.75. The van der Waals surface area contributed by atoms with Crippen LogP contribution < -0.4 is 0 Å². The summed E-state index contributed by atoms with van der Waals surface area (Å²) in [6, 6.07) is 0. The molecule has 4 saturated carbocycles. The number of hydrogen-bond donors (Lipinski definition) is 1. The average Bonchev–Trinajstić information content (AvgIpc) is 3.04. The predicted molar refractivity (Wildman–Crippen MR) is 93.6 cm³/mol. The lowest BCUT2D eigenvalue weighted by atomic mass is 9.38. The van der Waals surface area contributed by atoms with Crippen molar-refractivity contribution < 1.29 is 14.7 Å². The zero-order valence-electron chi connectivity index (χ0n) is 14.2. The maximum atomic E-state index is 12.9. The third-order valence-electron chi connectivity index (χ3n) is 7.18. The Morgan fingerprint density at radius 3 is 2.79 bits per heavy atom. The number of amides is 1. The first-order valence-corrected chi connectivity index (χ1v) is 9.71. The number of aliphatic carboxylic acids is 1. The third kappa shape index (κ3) is 2.11. The highest BCUT2D eigenvalue weighted by molar-refractivity contribution is 8.02. The van der Waals surface area contributed by atoms with Crippen LogP contribution in [0, 0.1) is 22.7 Å². The van der Waals surface area contributed by atoms with Crippen molar-refractivity contribution in [1.82, 2.24) is 4.90 Å². The van der Waals surface area contributed by atoms with Gasteiger partial charge in [0.25, 0.3) is 5.91 Å². The third-order valence-corrected chi connectivity index (χ3v) is 7.92. The van der Waals surface area contributed by atoms with Crippen LogP contribution in [0.2, 0.25) is 0 Å². The van der Waals surface area contributed by atoms with E-state index >= 15 is 0 Å². The molecule has 0 aromatic heterocycles. The topological polar surface area (TPSA) is 70.0 Å². The summed E-state index contributed by atoms with van der Waals surface area (Å²) in [4.78, 5) is 30.0. The molecule has 4 bridgehead atoms. The normalized spacial score (nSPS) is 46.2. The fourth-order valence-electron chi connectivity index (χ4n) is 6.46. The monoisotopic (exact) mass is 348 g/mol. The van der Waals surface area contributed by atoms with Crippen LogP contribution >= 0.6 is 11.8 Å². The molecule has 5 atom stereocenters. The first-order chi connectivity index (χ1) is 11.3. The smallest absolute Gasteiger partial charge is 0.347 e. The molecule has 1 amide bonds. The maximum Gasteiger partial charge on any atom is 0.347 e. The van der Waals surface area contributed by atoms with Crippen molar-refractivity contribution >= 4 is 29.9 Å². The standard InChI is InChI=1S/C18H24N2O3S/c1-12-16(2)5-13-6-17(9-16,15(23)19-8-14(21)22)10-18(12,7-13)20-3-4-24-11-20/h3-4,8,12-13H,5-7,9-11H2,1-2H3,(H,21,22). The molecule has 0 aromatic rings. The zero-order valence-corrected chi connectivity index (χ0v) is 15.0. The highest BCUT2D eigenvalue weighted by atomic mass is 32.2. The number of nitrogens with zero attached hydrogens (tertiary/aromatic N) is 2. The summed E-state index contributed by atoms with van der Waals surface area (Å²) in [5, 5.41) is 11.0. The number of aliphatic imine (C=N–C) groups is 1. The van der Waals surface area contributed by atoms with Gasteiger partial charge >= 0.3 is 5.97 Å². The van der Waals surface area contributed by atoms with Crippen LogP contribution in [0.15, 0.2) is 16.6 Å². The Bertz CT molecular complexity index is 663. The number of hydrogen-bond acceptors (Lipinski definition) is 4. The van der Waals surface area contributed by atoms with Gasteiger partial charge < -0.3 is 10.0 Å². The number of carbonyl (C=O) groups is 2. The predicted octanol–water partition coefficient (Wildman–Crippen LogP) is 3.12. The van der Waals surface area contributed by atoms with Gasteiger partial charge in [-0.2, -0.15) is 0 Å². The SMILES string of the molecule is CC1C2(C)CC3CC(C(=O)N=CC(=O)O)(C2)CC1(N1C=CSC1)C3. The molecule has 5 rings (SSSR count). The van der Waals surface area contributed by atoms with Gasteiger partial charge in [0.05, 0.1) is 11.3 Å². The molecule has 0 saturated heterocycles. The molecule has 0 spiro atoms. The van der Waals surface area contributed by atoms with E-state index in [9.17, 15) is 9.59 Å². The van der Waals surface area contributed by atoms with E-state index in [-0.39, 0.29) is 16.9 Å². The number of rotatable bonds is 3. The largest absolute Gasteiger partial charge is 0.477 e. The molecule has 1 heterocycles. The summed E-state index contributed by atoms with van der Waals surface area (Å²) in [5.74, 6) is 0.648. The van der Waals surface area contributed by atoms with E-state index in [1.54, 1.807) is 11.8 Å². The molecule has 5 unspecified atom stereocenters. The molecule has 24 heavy (non-hydrogen) atoms. The minimum Gasteiger partial charge on any atom is -0.477 e. The van der Waals surface area contributed by atoms with Crippen LogP contribution in [-0.4, -0.2) is 39.5 Å². The van der Waals surface area contributed by atoms with Gasteiger partial charge in [0.1, 0.15) is 6.21 Å². The van der Waals surface area contributed by atoms with Gasteiger partial charge in [-0.3, -0.25) is 4.79 Å². The van der Waals surface area contributed by atoms with Gasteiger partial charge in [0.2, 0.25) is 0 Å². The molecular weight excluding hydrogens is 324 g/mol. The summed E-state index contributed by atoms with van der Waals surface area (Å²) >= 11 is 1.81. The second kappa shape index (κ2) is 5.10. The Labute approximate surface area is 146 Å². The second-order valence-corrected chi connectivity index (χ2v) is 9.41. The molecule has 130 valence electrons. The number of carboxylic acid groups (broad SMARTS) is 1. The van der Waals surface area contributed by atoms with E-state index in [1.165, 1.54) is 6.42 Å². The number of thioether (sulfide) groups is 1. The van der Waals surface area contributed by atoms with Gasteiger partial charge in [0.15, 0.2) is 0 Å². The fourth-order valence-corrected chi connectivity index (χ4v) is 7.29. The van der Waals surface area contributed by atoms with Gasteiger partial charge in [-0.05, 0) is 54.8 Å². The summed E-state index contributed by atoms with van der Waals surface area (Å²) in [7, 11) is 0. The van der Waals surface area contributed by atoms with Crippen LogP contribution in [0.5, 0.6) is 0 Å². The Hall–Kier alpha value is -1.30. The van der Waals surface area contributed by atoms with Crippen molar-refractivity contribution in [3.8, 4) is 0 Å². The van der Waals surface area contributed by atoms with Crippen molar-refractivity contribution in [2.24, 2.45) is 27.7 Å². The molecule has 5 aliphatic rings. The molecular formula is C18H24N2O3S. The van der Waals surface area contributed by atoms with E-state index in [1.807, 2.05) is 0 Å². The molecule has 1 N–H and O–H groups in total. The molecule has 5 nitrogen and oxygen atoms in total. The van der Waals surface area contributed by atoms with E-state index in [0.717, 1.165) is 37.8 Å². The Morgan fingerprint density at radius 1 is 1.33 bits per heavy atom. The minimum atomic E-state index is -1.15. The first kappa shape index (κ1) is 16.2. The summed E-state index contributed by atoms with van der Waals surface area (Å²) in [6.45, 7) is 4.68. The summed E-state index contributed by atoms with van der Waals surface area (Å²) < 4.78 is 0. The Kier molecular flexibility index (Phi) is 3.44. The van der Waals surface area contributed by atoms with Crippen LogP contribution in [0.3, 0.4) is 0 Å². The van der Waals surface area contributed by atoms with E-state index in [0.29, 0.717) is 11.8 Å². The number of carboxylic acids is 1. The van der Waals surface area contributed by atoms with Crippen molar-refractivity contribution in [2.75, 3.05) is 5.88 Å². The van der Waals surface area contributed by atoms with Crippen LogP contribution in [-0.2, 0) is 9.59 Å². The highest BCUT2D eigenvalue weighted by Crippen LogP contribution is 2.70. The maximum absolute atomic E-state index is 12.9. The molecule has 1 aliphatic heterocycles. The quantitative estimate of drug-likeness (QED) is 0.794. The van der Waals surface area contributed by atoms with Crippen molar-refractivity contribution in [2.45, 2.75) is 51.5 Å². The second-order valence-electron chi connectivity index (χ2n) is 8.54.